The molecule has 0 aromatic heterocycles. The van der Waals surface area contributed by atoms with Crippen molar-refractivity contribution in [2.45, 2.75) is 7.43 Å². The Morgan fingerprint density at radius 2 is 1.25 bits per heavy atom. The van der Waals surface area contributed by atoms with Gasteiger partial charge in [-0.2, -0.15) is 0 Å². The zero-order valence-electron chi connectivity index (χ0n) is 1.34. The second kappa shape index (κ2) is 426. The van der Waals surface area contributed by atoms with Gasteiger partial charge in [-0.1, -0.05) is 7.43 Å². The van der Waals surface area contributed by atoms with E-state index >= 15 is 0 Å². The Balaban J connectivity index is -0.00000000500. The predicted octanol–water partition coefficient (Wildman–Crippen LogP) is 0.359. The molecule has 0 unspecified atom stereocenters. The normalized spacial score (nSPS) is 1.00. The first-order chi connectivity index (χ1) is 1.00. The van der Waals surface area contributed by atoms with Crippen LogP contribution in [0.15, 0.2) is 0 Å². The molecular formula is C2H5FeO-. The Labute approximate surface area is 36.9 Å². The number of hydrogen-bond donors (Lipinski definition) is 0. The van der Waals surface area contributed by atoms with Crippen molar-refractivity contribution in [1.82, 2.24) is 0 Å². The molecule has 0 heterocycles. The molecule has 0 aliphatic rings. The van der Waals surface area contributed by atoms with Gasteiger partial charge in [-0.25, -0.2) is 0 Å². The third kappa shape index (κ3) is 86.3. The van der Waals surface area contributed by atoms with Gasteiger partial charge in [0.05, 0.1) is 0 Å². The fraction of sp³-hybridized carbons (Fsp3) is 0.500. The van der Waals surface area contributed by atoms with Crippen LogP contribution in [0.3, 0.4) is 0 Å². The Bertz CT molecular complexity index is 6.00. The van der Waals surface area contributed by atoms with Crippen LogP contribution < -0.4 is 0 Å². The standard InChI is InChI=1S/CHO.CH4.Fe/c1-2;;/h1H;1H4;/q-1;;. The van der Waals surface area contributed by atoms with Crippen molar-refractivity contribution in [3.8, 4) is 0 Å². The topological polar surface area (TPSA) is 17.1 Å². The molecule has 4 heavy (non-hydrogen) atoms. The molecule has 1 nitrogen and oxygen atoms in total. The first-order valence-corrected chi connectivity index (χ1v) is 0.236. The van der Waals surface area contributed by atoms with Gasteiger partial charge in [0.25, 0.3) is 0 Å². The molecule has 0 spiro atoms. The van der Waals surface area contributed by atoms with E-state index in [4.69, 9.17) is 4.79 Å². The molecule has 0 amide bonds. The summed E-state index contributed by atoms with van der Waals surface area (Å²) >= 11 is 0. The minimum Gasteiger partial charge on any atom is -0.545 e. The molecule has 0 aliphatic heterocycles. The van der Waals surface area contributed by atoms with Crippen LogP contribution in [0.25, 0.3) is 0 Å². The Kier molecular flexibility index (Phi) is 3210. The van der Waals surface area contributed by atoms with E-state index in [1.54, 1.807) is 0 Å². The second-order valence-corrected chi connectivity index (χ2v) is 0. The quantitative estimate of drug-likeness (QED) is 0.244. The van der Waals surface area contributed by atoms with Crippen LogP contribution in [0.5, 0.6) is 0 Å². The van der Waals surface area contributed by atoms with Crippen molar-refractivity contribution < 1.29 is 21.9 Å². The minimum atomic E-state index is 0. The maximum Gasteiger partial charge on any atom is 0 e. The van der Waals surface area contributed by atoms with Gasteiger partial charge in [0.2, 0.25) is 0 Å². The average molecular weight is 101 g/mol. The van der Waals surface area contributed by atoms with Crippen molar-refractivity contribution in [2.75, 3.05) is 0 Å². The van der Waals surface area contributed by atoms with Crippen LogP contribution in [-0.4, -0.2) is 6.79 Å². The van der Waals surface area contributed by atoms with Crippen molar-refractivity contribution >= 4 is 6.79 Å². The Hall–Kier alpha value is 0.189. The monoisotopic (exact) mass is 101 g/mol. The third-order valence-corrected chi connectivity index (χ3v) is 0. The van der Waals surface area contributed by atoms with Crippen molar-refractivity contribution in [3.63, 3.8) is 0 Å². The van der Waals surface area contributed by atoms with Gasteiger partial charge < -0.3 is 4.79 Å². The van der Waals surface area contributed by atoms with Crippen molar-refractivity contribution in [3.05, 3.63) is 0 Å². The molecule has 0 aliphatic carbocycles. The molecule has 0 N–H and O–H groups in total. The Morgan fingerprint density at radius 1 is 1.25 bits per heavy atom. The summed E-state index contributed by atoms with van der Waals surface area (Å²) < 4.78 is 0. The van der Waals surface area contributed by atoms with E-state index in [0.717, 1.165) is 0 Å². The Morgan fingerprint density at radius 3 is 1.25 bits per heavy atom. The first-order valence-electron chi connectivity index (χ1n) is 0.236. The SMILES string of the molecule is C.[CH-]=O.[Fe]. The van der Waals surface area contributed by atoms with Gasteiger partial charge in [-0.3, -0.25) is 6.79 Å². The largest absolute Gasteiger partial charge is 0.545 e. The summed E-state index contributed by atoms with van der Waals surface area (Å²) in [7, 11) is 0. The molecular weight excluding hydrogens is 95.9 g/mol. The van der Waals surface area contributed by atoms with E-state index in [0.29, 0.717) is 0 Å². The summed E-state index contributed by atoms with van der Waals surface area (Å²) in [5, 5.41) is 0. The summed E-state index contributed by atoms with van der Waals surface area (Å²) in [6, 6.07) is 0. The van der Waals surface area contributed by atoms with Gasteiger partial charge in [-0.15, -0.1) is 0 Å². The second-order valence-electron chi connectivity index (χ2n) is 0. The van der Waals surface area contributed by atoms with Crippen LogP contribution in [0.4, 0.5) is 0 Å². The summed E-state index contributed by atoms with van der Waals surface area (Å²) in [4.78, 5) is 7.75. The maximum atomic E-state index is 7.75. The number of carbonyl (C=O) groups excluding carboxylic acids is 1. The van der Waals surface area contributed by atoms with Crippen molar-refractivity contribution in [2.24, 2.45) is 0 Å². The smallest absolute Gasteiger partial charge is 0 e. The van der Waals surface area contributed by atoms with Gasteiger partial charge >= 0.3 is 0 Å². The molecule has 28 valence electrons. The molecule has 0 saturated heterocycles. The van der Waals surface area contributed by atoms with E-state index in [1.807, 2.05) is 0 Å². The first kappa shape index (κ1) is 30.1. The molecule has 0 fully saturated rings. The van der Waals surface area contributed by atoms with Crippen LogP contribution in [0, 0.1) is 0 Å². The minimum absolute atomic E-state index is 0. The summed E-state index contributed by atoms with van der Waals surface area (Å²) in [6.45, 7) is 3.25. The molecule has 0 aromatic carbocycles. The van der Waals surface area contributed by atoms with Gasteiger partial charge in [0.1, 0.15) is 0 Å². The predicted molar refractivity (Wildman–Crippen MR) is 13.5 cm³/mol. The van der Waals surface area contributed by atoms with Gasteiger partial charge in [-0.05, 0) is 0 Å². The average Bonchev–Trinajstić information content (AvgIpc) is 1.00. The van der Waals surface area contributed by atoms with E-state index in [-0.39, 0.29) is 24.5 Å². The van der Waals surface area contributed by atoms with Crippen molar-refractivity contribution in [1.29, 1.82) is 0 Å². The molecule has 0 rings (SSSR count). The van der Waals surface area contributed by atoms with Gasteiger partial charge in [0.15, 0.2) is 0 Å². The molecule has 0 aromatic rings. The van der Waals surface area contributed by atoms with Crippen LogP contribution in [-0.2, 0) is 21.9 Å². The number of rotatable bonds is 0. The molecule has 0 saturated carbocycles. The summed E-state index contributed by atoms with van der Waals surface area (Å²) in [5.74, 6) is 0. The van der Waals surface area contributed by atoms with E-state index < -0.39 is 0 Å². The molecule has 0 radical (unpaired) electrons. The molecule has 0 atom stereocenters. The number of hydrogen-bond acceptors (Lipinski definition) is 1. The third-order valence-electron chi connectivity index (χ3n) is 0. The van der Waals surface area contributed by atoms with Crippen LogP contribution in [0.2, 0.25) is 0 Å². The zero-order valence-corrected chi connectivity index (χ0v) is 2.44. The molecule has 0 bridgehead atoms. The van der Waals surface area contributed by atoms with Crippen LogP contribution in [0.1, 0.15) is 7.43 Å². The van der Waals surface area contributed by atoms with E-state index in [9.17, 15) is 0 Å². The molecule has 2 heteroatoms. The summed E-state index contributed by atoms with van der Waals surface area (Å²) in [5.41, 5.74) is 0. The fourth-order valence-corrected chi connectivity index (χ4v) is 0. The van der Waals surface area contributed by atoms with E-state index in [1.165, 1.54) is 0 Å². The zero-order chi connectivity index (χ0) is 2.00. The van der Waals surface area contributed by atoms with E-state index in [2.05, 4.69) is 6.79 Å². The fourth-order valence-electron chi connectivity index (χ4n) is 0. The van der Waals surface area contributed by atoms with Gasteiger partial charge in [0, 0.05) is 17.1 Å². The summed E-state index contributed by atoms with van der Waals surface area (Å²) in [6.07, 6.45) is 0. The maximum absolute atomic E-state index is 7.75. The van der Waals surface area contributed by atoms with Crippen LogP contribution >= 0.6 is 0 Å².